The zero-order chi connectivity index (χ0) is 16.8. The van der Waals surface area contributed by atoms with E-state index in [2.05, 4.69) is 26.0 Å². The molecule has 1 aliphatic heterocycles. The molecule has 1 heterocycles. The number of carbonyl (C=O) groups excluding carboxylic acids is 1. The lowest BCUT2D eigenvalue weighted by atomic mass is 10.3. The number of thioether (sulfide) groups is 1. The molecule has 0 bridgehead atoms. The van der Waals surface area contributed by atoms with Gasteiger partial charge in [0.25, 0.3) is 0 Å². The van der Waals surface area contributed by atoms with Crippen LogP contribution < -0.4 is 0 Å². The maximum Gasteiger partial charge on any atom is 0.486 e. The predicted molar refractivity (Wildman–Crippen MR) is 82.6 cm³/mol. The molecule has 0 aliphatic carbocycles. The van der Waals surface area contributed by atoms with E-state index in [1.165, 1.54) is 16.2 Å². The largest absolute Gasteiger partial charge is 0.486 e. The van der Waals surface area contributed by atoms with Crippen LogP contribution in [0.3, 0.4) is 0 Å². The molecule has 1 rings (SSSR count). The Morgan fingerprint density at radius 1 is 1.15 bits per heavy atom. The second-order valence-electron chi connectivity index (χ2n) is 3.26. The number of carbonyl (C=O) groups is 1. The van der Waals surface area contributed by atoms with E-state index in [4.69, 9.17) is 0 Å². The van der Waals surface area contributed by atoms with Crippen molar-refractivity contribution in [3.8, 4) is 0 Å². The van der Waals surface area contributed by atoms with Crippen LogP contribution in [0.1, 0.15) is 41.5 Å². The molecule has 0 fully saturated rings. The first-order valence-electron chi connectivity index (χ1n) is 6.49. The Bertz CT molecular complexity index is 281. The number of halogens is 3. The van der Waals surface area contributed by atoms with E-state index in [0.29, 0.717) is 7.05 Å². The van der Waals surface area contributed by atoms with E-state index in [0.717, 1.165) is 0 Å². The van der Waals surface area contributed by atoms with E-state index in [1.54, 1.807) is 0 Å². The summed E-state index contributed by atoms with van der Waals surface area (Å²) in [6.07, 6.45) is -0.461. The third-order valence-electron chi connectivity index (χ3n) is 1.69. The van der Waals surface area contributed by atoms with Crippen LogP contribution in [-0.2, 0) is 4.79 Å². The number of alkyl halides is 3. The average Bonchev–Trinajstić information content (AvgIpc) is 2.45. The van der Waals surface area contributed by atoms with Gasteiger partial charge >= 0.3 is 6.30 Å². The van der Waals surface area contributed by atoms with Crippen LogP contribution in [0.2, 0.25) is 0 Å². The number of amides is 1. The lowest BCUT2D eigenvalue weighted by Crippen LogP contribution is -2.32. The first-order valence-corrected chi connectivity index (χ1v) is 7.47. The molecule has 0 aromatic heterocycles. The molecular formula is C14H26F3NOS. The minimum atomic E-state index is -4.53. The maximum absolute atomic E-state index is 11.1. The molecule has 0 N–H and O–H groups in total. The monoisotopic (exact) mass is 313 g/mol. The zero-order valence-electron chi connectivity index (χ0n) is 13.3. The fourth-order valence-electron chi connectivity index (χ4n) is 0.643. The van der Waals surface area contributed by atoms with Gasteiger partial charge in [-0.1, -0.05) is 45.4 Å². The Hall–Kier alpha value is -0.910. The minimum Gasteiger partial charge on any atom is -0.278 e. The lowest BCUT2D eigenvalue weighted by molar-refractivity contribution is -0.226. The molecule has 6 heteroatoms. The highest BCUT2D eigenvalue weighted by Gasteiger charge is 2.32. The number of allylic oxidation sites excluding steroid dienone is 3. The molecule has 0 atom stereocenters. The Morgan fingerprint density at radius 2 is 1.60 bits per heavy atom. The first kappa shape index (κ1) is 24.1. The standard InChI is InChI=1S/C7H10S.C3H4F3NO.2C2H6/c1-6-3-4-7(2)8-5-6;1-7(2-8)3(4,5)6;2*1-2/h3-4H,5H2,1-2H3;2H,1H3;2*1-2H3. The fraction of sp³-hybridized carbons (Fsp3) is 0.643. The third-order valence-corrected chi connectivity index (χ3v) is 2.88. The summed E-state index contributed by atoms with van der Waals surface area (Å²) in [7, 11) is 0.646. The van der Waals surface area contributed by atoms with Gasteiger partial charge in [0.2, 0.25) is 6.41 Å². The van der Waals surface area contributed by atoms with Crippen LogP contribution in [0.15, 0.2) is 22.6 Å². The topological polar surface area (TPSA) is 20.3 Å². The van der Waals surface area contributed by atoms with Gasteiger partial charge in [-0.3, -0.25) is 9.69 Å². The average molecular weight is 313 g/mol. The zero-order valence-corrected chi connectivity index (χ0v) is 14.2. The van der Waals surface area contributed by atoms with Crippen molar-refractivity contribution in [2.45, 2.75) is 47.8 Å². The molecular weight excluding hydrogens is 287 g/mol. The van der Waals surface area contributed by atoms with Crippen LogP contribution in [0.4, 0.5) is 13.2 Å². The summed E-state index contributed by atoms with van der Waals surface area (Å²) < 4.78 is 33.4. The molecule has 0 saturated carbocycles. The minimum absolute atomic E-state index is 0.292. The van der Waals surface area contributed by atoms with Crippen molar-refractivity contribution in [3.05, 3.63) is 22.6 Å². The Kier molecular flexibility index (Phi) is 17.5. The van der Waals surface area contributed by atoms with Gasteiger partial charge in [0.05, 0.1) is 0 Å². The summed E-state index contributed by atoms with van der Waals surface area (Å²) in [6.45, 7) is 12.3. The molecule has 1 amide bonds. The first-order chi connectivity index (χ1) is 9.27. The van der Waals surface area contributed by atoms with Crippen LogP contribution in [0.25, 0.3) is 0 Å². The van der Waals surface area contributed by atoms with Gasteiger partial charge < -0.3 is 0 Å². The second kappa shape index (κ2) is 14.5. The van der Waals surface area contributed by atoms with Gasteiger partial charge in [0.1, 0.15) is 0 Å². The van der Waals surface area contributed by atoms with Crippen LogP contribution >= 0.6 is 11.8 Å². The van der Waals surface area contributed by atoms with E-state index >= 15 is 0 Å². The Labute approximate surface area is 125 Å². The maximum atomic E-state index is 11.1. The quantitative estimate of drug-likeness (QED) is 0.488. The van der Waals surface area contributed by atoms with E-state index in [9.17, 15) is 18.0 Å². The molecule has 0 spiro atoms. The Morgan fingerprint density at radius 3 is 1.75 bits per heavy atom. The summed E-state index contributed by atoms with van der Waals surface area (Å²) in [6, 6.07) is 0. The smallest absolute Gasteiger partial charge is 0.278 e. The molecule has 0 radical (unpaired) electrons. The summed E-state index contributed by atoms with van der Waals surface area (Å²) in [5, 5.41) is 0. The van der Waals surface area contributed by atoms with Crippen molar-refractivity contribution in [1.29, 1.82) is 0 Å². The molecule has 0 unspecified atom stereocenters. The van der Waals surface area contributed by atoms with Crippen molar-refractivity contribution in [2.24, 2.45) is 0 Å². The van der Waals surface area contributed by atoms with E-state index < -0.39 is 6.30 Å². The van der Waals surface area contributed by atoms with Gasteiger partial charge in [0, 0.05) is 12.8 Å². The van der Waals surface area contributed by atoms with Gasteiger partial charge in [-0.15, -0.1) is 11.8 Å². The van der Waals surface area contributed by atoms with Crippen molar-refractivity contribution in [2.75, 3.05) is 12.8 Å². The highest BCUT2D eigenvalue weighted by Crippen LogP contribution is 2.22. The van der Waals surface area contributed by atoms with Gasteiger partial charge in [-0.2, -0.15) is 13.2 Å². The molecule has 1 aliphatic rings. The van der Waals surface area contributed by atoms with Gasteiger partial charge in [-0.25, -0.2) is 0 Å². The Balaban J connectivity index is -0.000000231. The number of hydrogen-bond acceptors (Lipinski definition) is 2. The fourth-order valence-corrected chi connectivity index (χ4v) is 1.36. The summed E-state index contributed by atoms with van der Waals surface area (Å²) in [5.41, 5.74) is 1.47. The molecule has 20 heavy (non-hydrogen) atoms. The van der Waals surface area contributed by atoms with Crippen LogP contribution in [0, 0.1) is 0 Å². The summed E-state index contributed by atoms with van der Waals surface area (Å²) >= 11 is 1.92. The summed E-state index contributed by atoms with van der Waals surface area (Å²) in [5.74, 6) is 1.18. The van der Waals surface area contributed by atoms with E-state index in [-0.39, 0.29) is 11.3 Å². The molecule has 120 valence electrons. The highest BCUT2D eigenvalue weighted by molar-refractivity contribution is 8.03. The van der Waals surface area contributed by atoms with Crippen molar-refractivity contribution in [1.82, 2.24) is 4.90 Å². The van der Waals surface area contributed by atoms with Gasteiger partial charge in [0.15, 0.2) is 0 Å². The molecule has 2 nitrogen and oxygen atoms in total. The van der Waals surface area contributed by atoms with Crippen LogP contribution in [-0.4, -0.2) is 30.4 Å². The van der Waals surface area contributed by atoms with Gasteiger partial charge in [-0.05, 0) is 18.8 Å². The molecule has 0 aromatic carbocycles. The van der Waals surface area contributed by atoms with Crippen LogP contribution in [0.5, 0.6) is 0 Å². The second-order valence-corrected chi connectivity index (χ2v) is 4.48. The van der Waals surface area contributed by atoms with Crippen molar-refractivity contribution < 1.29 is 18.0 Å². The number of hydrogen-bond donors (Lipinski definition) is 0. The highest BCUT2D eigenvalue weighted by atomic mass is 32.2. The molecule has 0 saturated heterocycles. The molecule has 0 aromatic rings. The number of nitrogens with zero attached hydrogens (tertiary/aromatic N) is 1. The SMILES string of the molecule is CC.CC.CC1=CC=C(C)SC1.CN(C=O)C(F)(F)F. The predicted octanol–water partition coefficient (Wildman–Crippen LogP) is 5.23. The van der Waals surface area contributed by atoms with E-state index in [1.807, 2.05) is 39.5 Å². The van der Waals surface area contributed by atoms with Crippen molar-refractivity contribution in [3.63, 3.8) is 0 Å². The number of rotatable bonds is 1. The summed E-state index contributed by atoms with van der Waals surface area (Å²) in [4.78, 5) is 10.4. The van der Waals surface area contributed by atoms with Crippen molar-refractivity contribution >= 4 is 18.2 Å². The third kappa shape index (κ3) is 15.1. The normalized spacial score (nSPS) is 12.9. The lowest BCUT2D eigenvalue weighted by Gasteiger charge is -2.12.